The van der Waals surface area contributed by atoms with Crippen LogP contribution >= 0.6 is 0 Å². The highest BCUT2D eigenvalue weighted by Gasteiger charge is 2.27. The van der Waals surface area contributed by atoms with Crippen LogP contribution in [0, 0.1) is 0 Å². The van der Waals surface area contributed by atoms with Crippen LogP contribution in [0.15, 0.2) is 53.4 Å². The van der Waals surface area contributed by atoms with Crippen LogP contribution in [-0.2, 0) is 14.8 Å². The monoisotopic (exact) mass is 487 g/mol. The van der Waals surface area contributed by atoms with Crippen LogP contribution in [0.5, 0.6) is 5.75 Å². The van der Waals surface area contributed by atoms with Gasteiger partial charge in [-0.25, -0.2) is 13.1 Å². The number of nitrogens with zero attached hydrogens (tertiary/aromatic N) is 1. The van der Waals surface area contributed by atoms with Crippen LogP contribution in [0.1, 0.15) is 47.6 Å². The molecule has 184 valence electrons. The first kappa shape index (κ1) is 24.7. The zero-order chi connectivity index (χ0) is 24.0. The van der Waals surface area contributed by atoms with Crippen molar-refractivity contribution in [2.45, 2.75) is 42.7 Å². The summed E-state index contributed by atoms with van der Waals surface area (Å²) in [5.74, 6) is -0.114. The summed E-state index contributed by atoms with van der Waals surface area (Å²) in [5.41, 5.74) is 1.27. The first-order valence-electron chi connectivity index (χ1n) is 11.8. The molecule has 2 aromatic rings. The van der Waals surface area contributed by atoms with Gasteiger partial charge in [0.2, 0.25) is 10.0 Å². The number of benzene rings is 2. The van der Waals surface area contributed by atoms with Crippen molar-refractivity contribution in [3.8, 4) is 5.75 Å². The van der Waals surface area contributed by atoms with Gasteiger partial charge in [0.25, 0.3) is 5.91 Å². The molecular weight excluding hydrogens is 454 g/mol. The number of carbonyl (C=O) groups is 1. The van der Waals surface area contributed by atoms with Crippen LogP contribution < -0.4 is 14.8 Å². The minimum Gasteiger partial charge on any atom is -0.495 e. The molecular formula is C25H33N3O5S. The first-order valence-corrected chi connectivity index (χ1v) is 13.3. The molecule has 4 rings (SSSR count). The van der Waals surface area contributed by atoms with Crippen molar-refractivity contribution >= 4 is 15.9 Å². The second kappa shape index (κ2) is 11.3. The van der Waals surface area contributed by atoms with E-state index in [2.05, 4.69) is 14.9 Å². The Morgan fingerprint density at radius 2 is 1.82 bits per heavy atom. The van der Waals surface area contributed by atoms with E-state index in [0.717, 1.165) is 44.3 Å². The lowest BCUT2D eigenvalue weighted by molar-refractivity contribution is 0.0332. The van der Waals surface area contributed by atoms with Crippen molar-refractivity contribution in [1.82, 2.24) is 14.9 Å². The summed E-state index contributed by atoms with van der Waals surface area (Å²) in [7, 11) is -2.39. The molecule has 1 aliphatic carbocycles. The van der Waals surface area contributed by atoms with Crippen LogP contribution in [-0.4, -0.2) is 65.2 Å². The molecule has 2 aliphatic rings. The topological polar surface area (TPSA) is 97.0 Å². The van der Waals surface area contributed by atoms with Gasteiger partial charge in [-0.2, -0.15) is 0 Å². The van der Waals surface area contributed by atoms with E-state index in [1.807, 2.05) is 30.3 Å². The zero-order valence-corrected chi connectivity index (χ0v) is 20.4. The van der Waals surface area contributed by atoms with Gasteiger partial charge in [-0.15, -0.1) is 0 Å². The summed E-state index contributed by atoms with van der Waals surface area (Å²) < 4.78 is 39.8. The minimum absolute atomic E-state index is 0.0148. The van der Waals surface area contributed by atoms with Crippen molar-refractivity contribution in [2.75, 3.05) is 40.0 Å². The lowest BCUT2D eigenvalue weighted by Gasteiger charge is -2.31. The molecule has 8 nitrogen and oxygen atoms in total. The van der Waals surface area contributed by atoms with Crippen molar-refractivity contribution in [3.05, 3.63) is 59.7 Å². The fourth-order valence-corrected chi connectivity index (χ4v) is 6.06. The number of ether oxygens (including phenoxy) is 2. The van der Waals surface area contributed by atoms with E-state index in [4.69, 9.17) is 9.47 Å². The fraction of sp³-hybridized carbons (Fsp3) is 0.480. The van der Waals surface area contributed by atoms with Crippen LogP contribution in [0.4, 0.5) is 0 Å². The molecule has 0 radical (unpaired) electrons. The summed E-state index contributed by atoms with van der Waals surface area (Å²) in [6, 6.07) is 14.0. The van der Waals surface area contributed by atoms with Crippen molar-refractivity contribution in [2.24, 2.45) is 0 Å². The molecule has 0 unspecified atom stereocenters. The molecule has 0 aromatic heterocycles. The molecule has 1 saturated heterocycles. The quantitative estimate of drug-likeness (QED) is 0.565. The largest absolute Gasteiger partial charge is 0.495 e. The number of hydrogen-bond acceptors (Lipinski definition) is 6. The molecule has 0 bridgehead atoms. The minimum atomic E-state index is -3.82. The summed E-state index contributed by atoms with van der Waals surface area (Å²) in [5, 5.41) is 3.11. The molecule has 2 N–H and O–H groups in total. The average molecular weight is 488 g/mol. The van der Waals surface area contributed by atoms with Crippen molar-refractivity contribution in [3.63, 3.8) is 0 Å². The molecule has 1 aliphatic heterocycles. The van der Waals surface area contributed by atoms with Gasteiger partial charge in [0.05, 0.1) is 26.4 Å². The van der Waals surface area contributed by atoms with E-state index in [9.17, 15) is 13.2 Å². The number of hydrogen-bond donors (Lipinski definition) is 2. The van der Waals surface area contributed by atoms with Gasteiger partial charge in [0.15, 0.2) is 0 Å². The number of amides is 1. The van der Waals surface area contributed by atoms with Crippen LogP contribution in [0.3, 0.4) is 0 Å². The Hall–Kier alpha value is -2.46. The van der Waals surface area contributed by atoms with E-state index in [1.165, 1.54) is 19.2 Å². The lowest BCUT2D eigenvalue weighted by Crippen LogP contribution is -2.43. The Kier molecular flexibility index (Phi) is 8.20. The molecule has 9 heteroatoms. The van der Waals surface area contributed by atoms with E-state index >= 15 is 0 Å². The summed E-state index contributed by atoms with van der Waals surface area (Å²) in [6.07, 6.45) is 3.66. The molecule has 1 atom stereocenters. The van der Waals surface area contributed by atoms with Gasteiger partial charge in [-0.05, 0) is 36.6 Å². The Morgan fingerprint density at radius 1 is 1.12 bits per heavy atom. The van der Waals surface area contributed by atoms with Crippen LogP contribution in [0.2, 0.25) is 0 Å². The zero-order valence-electron chi connectivity index (χ0n) is 19.5. The Balaban J connectivity index is 1.56. The standard InChI is InChI=1S/C25H33N3O5S/c1-32-23-12-11-20(17-24(23)34(30,31)27-21-9-5-6-10-21)25(29)26-22(19-7-3-2-4-8-19)18-28-13-15-33-16-14-28/h2-4,7-8,11-12,17,21-22,27H,5-6,9-10,13-16,18H2,1H3,(H,26,29)/t22-/m1/s1. The third kappa shape index (κ3) is 6.15. The fourth-order valence-electron chi connectivity index (χ4n) is 4.56. The molecule has 34 heavy (non-hydrogen) atoms. The van der Waals surface area contributed by atoms with Gasteiger partial charge >= 0.3 is 0 Å². The smallest absolute Gasteiger partial charge is 0.251 e. The maximum Gasteiger partial charge on any atom is 0.251 e. The Bertz CT molecular complexity index is 1070. The summed E-state index contributed by atoms with van der Waals surface area (Å²) in [4.78, 5) is 15.5. The summed E-state index contributed by atoms with van der Waals surface area (Å²) >= 11 is 0. The summed E-state index contributed by atoms with van der Waals surface area (Å²) in [6.45, 7) is 3.59. The molecule has 2 fully saturated rings. The molecule has 1 saturated carbocycles. The maximum absolute atomic E-state index is 13.3. The van der Waals surface area contributed by atoms with E-state index in [0.29, 0.717) is 19.8 Å². The highest BCUT2D eigenvalue weighted by atomic mass is 32.2. The molecule has 1 heterocycles. The van der Waals surface area contributed by atoms with Gasteiger partial charge in [0.1, 0.15) is 10.6 Å². The second-order valence-electron chi connectivity index (χ2n) is 8.82. The van der Waals surface area contributed by atoms with Gasteiger partial charge in [-0.3, -0.25) is 9.69 Å². The third-order valence-electron chi connectivity index (χ3n) is 6.44. The predicted molar refractivity (Wildman–Crippen MR) is 129 cm³/mol. The SMILES string of the molecule is COc1ccc(C(=O)N[C@H](CN2CCOCC2)c2ccccc2)cc1S(=O)(=O)NC1CCCC1. The lowest BCUT2D eigenvalue weighted by atomic mass is 10.1. The van der Waals surface area contributed by atoms with E-state index in [-0.39, 0.29) is 34.2 Å². The Labute approximate surface area is 201 Å². The molecule has 2 aromatic carbocycles. The highest BCUT2D eigenvalue weighted by molar-refractivity contribution is 7.89. The predicted octanol–water partition coefficient (Wildman–Crippen LogP) is 2.72. The van der Waals surface area contributed by atoms with Gasteiger partial charge in [0, 0.05) is 31.2 Å². The molecule has 0 spiro atoms. The number of rotatable bonds is 9. The second-order valence-corrected chi connectivity index (χ2v) is 10.5. The van der Waals surface area contributed by atoms with Gasteiger partial charge in [-0.1, -0.05) is 43.2 Å². The van der Waals surface area contributed by atoms with Crippen molar-refractivity contribution < 1.29 is 22.7 Å². The van der Waals surface area contributed by atoms with E-state index < -0.39 is 10.0 Å². The number of methoxy groups -OCH3 is 1. The first-order chi connectivity index (χ1) is 16.5. The molecule has 1 amide bonds. The number of nitrogens with one attached hydrogen (secondary N) is 2. The van der Waals surface area contributed by atoms with Crippen LogP contribution in [0.25, 0.3) is 0 Å². The number of morpholine rings is 1. The third-order valence-corrected chi connectivity index (χ3v) is 7.99. The number of sulfonamides is 1. The normalized spacial score (nSPS) is 18.5. The van der Waals surface area contributed by atoms with Crippen molar-refractivity contribution in [1.29, 1.82) is 0 Å². The highest BCUT2D eigenvalue weighted by Crippen LogP contribution is 2.28. The Morgan fingerprint density at radius 3 is 2.50 bits per heavy atom. The average Bonchev–Trinajstić information content (AvgIpc) is 3.36. The number of carbonyl (C=O) groups excluding carboxylic acids is 1. The van der Waals surface area contributed by atoms with E-state index in [1.54, 1.807) is 6.07 Å². The van der Waals surface area contributed by atoms with Gasteiger partial charge < -0.3 is 14.8 Å². The maximum atomic E-state index is 13.3.